The van der Waals surface area contributed by atoms with Crippen molar-refractivity contribution in [3.63, 3.8) is 0 Å². The Morgan fingerprint density at radius 3 is 2.48 bits per heavy atom. The van der Waals surface area contributed by atoms with Crippen LogP contribution in [-0.4, -0.2) is 22.5 Å². The monoisotopic (exact) mass is 723 g/mol. The number of benzene rings is 4. The number of halogens is 7. The van der Waals surface area contributed by atoms with Gasteiger partial charge in [-0.2, -0.15) is 22.9 Å². The summed E-state index contributed by atoms with van der Waals surface area (Å²) in [5.41, 5.74) is 0.0365. The number of aromatic nitrogens is 2. The minimum absolute atomic E-state index is 0.0537. The second kappa shape index (κ2) is 13.2. The average molecular weight is 726 g/mol. The van der Waals surface area contributed by atoms with Gasteiger partial charge in [0, 0.05) is 15.6 Å². The van der Waals surface area contributed by atoms with Gasteiger partial charge >= 0.3 is 6.18 Å². The summed E-state index contributed by atoms with van der Waals surface area (Å²) in [6.07, 6.45) is -3.27. The fourth-order valence-corrected chi connectivity index (χ4v) is 5.23. The second-order valence-corrected chi connectivity index (χ2v) is 11.3. The molecule has 1 aromatic heterocycles. The van der Waals surface area contributed by atoms with E-state index in [0.717, 1.165) is 22.4 Å². The first-order valence-electron chi connectivity index (χ1n) is 12.9. The number of alkyl halides is 3. The molecule has 0 amide bonds. The van der Waals surface area contributed by atoms with Crippen molar-refractivity contribution in [2.45, 2.75) is 19.7 Å². The number of para-hydroxylation sites is 1. The fourth-order valence-electron chi connectivity index (χ4n) is 4.25. The number of rotatable bonds is 8. The summed E-state index contributed by atoms with van der Waals surface area (Å²) in [5, 5.41) is 5.55. The molecule has 13 heteroatoms. The molecule has 0 aliphatic carbocycles. The molecule has 4 aromatic carbocycles. The highest BCUT2D eigenvalue weighted by Gasteiger charge is 2.31. The van der Waals surface area contributed by atoms with Gasteiger partial charge < -0.3 is 9.47 Å². The maximum Gasteiger partial charge on any atom is 0.416 e. The molecule has 5 aromatic rings. The Labute approximate surface area is 272 Å². The van der Waals surface area contributed by atoms with Gasteiger partial charge in [0.2, 0.25) is 0 Å². The molecule has 0 radical (unpaired) electrons. The molecule has 0 saturated carbocycles. The van der Waals surface area contributed by atoms with Crippen molar-refractivity contribution in [2.24, 2.45) is 5.10 Å². The fraction of sp³-hybridized carbons (Fsp3) is 0.129. The lowest BCUT2D eigenvalue weighted by molar-refractivity contribution is -0.137. The van der Waals surface area contributed by atoms with Crippen molar-refractivity contribution in [3.05, 3.63) is 119 Å². The van der Waals surface area contributed by atoms with E-state index in [0.29, 0.717) is 31.3 Å². The van der Waals surface area contributed by atoms with Crippen molar-refractivity contribution >= 4 is 67.9 Å². The summed E-state index contributed by atoms with van der Waals surface area (Å²) >= 11 is 22.3. The molecule has 5 rings (SSSR count). The van der Waals surface area contributed by atoms with E-state index in [4.69, 9.17) is 44.3 Å². The van der Waals surface area contributed by atoms with Crippen LogP contribution in [0.15, 0.2) is 87.2 Å². The Morgan fingerprint density at radius 1 is 0.977 bits per heavy atom. The molecule has 1 heterocycles. The van der Waals surface area contributed by atoms with Gasteiger partial charge in [0.25, 0.3) is 5.56 Å². The summed E-state index contributed by atoms with van der Waals surface area (Å²) in [6, 6.07) is 17.7. The number of hydrogen-bond donors (Lipinski definition) is 0. The molecule has 0 bridgehead atoms. The Bertz CT molecular complexity index is 1970. The van der Waals surface area contributed by atoms with Crippen LogP contribution in [0.3, 0.4) is 0 Å². The van der Waals surface area contributed by atoms with Crippen LogP contribution in [0.4, 0.5) is 13.2 Å². The SMILES string of the molecule is CCOc1cc(C=Nn2c(-c3cccc(C(F)(F)F)c3)nc3ccccc3c2=O)c(Br)c(Cl)c1OCc1ccc(Cl)c(Cl)c1. The molecule has 6 nitrogen and oxygen atoms in total. The first-order chi connectivity index (χ1) is 21.0. The molecule has 226 valence electrons. The number of ether oxygens (including phenoxy) is 2. The molecule has 0 saturated heterocycles. The van der Waals surface area contributed by atoms with Crippen LogP contribution in [0, 0.1) is 0 Å². The predicted molar refractivity (Wildman–Crippen MR) is 171 cm³/mol. The van der Waals surface area contributed by atoms with Gasteiger partial charge in [0.15, 0.2) is 17.3 Å². The first-order valence-corrected chi connectivity index (χ1v) is 14.9. The predicted octanol–water partition coefficient (Wildman–Crippen LogP) is 9.66. The standard InChI is InChI=1S/C31H20BrCl3F3N3O3/c1-2-43-25-14-19(26(32)27(35)28(25)44-16-17-10-11-22(33)23(34)12-17)15-39-41-29(18-6-5-7-20(13-18)31(36,37)38)40-24-9-4-3-8-21(24)30(41)42/h3-15H,2,16H2,1H3. The lowest BCUT2D eigenvalue weighted by atomic mass is 10.1. The van der Waals surface area contributed by atoms with Gasteiger partial charge in [-0.1, -0.05) is 65.1 Å². The summed E-state index contributed by atoms with van der Waals surface area (Å²) < 4.78 is 53.7. The first kappa shape index (κ1) is 31.8. The van der Waals surface area contributed by atoms with Crippen LogP contribution in [0.1, 0.15) is 23.6 Å². The molecule has 0 aliphatic heterocycles. The van der Waals surface area contributed by atoms with E-state index in [1.165, 1.54) is 18.3 Å². The highest BCUT2D eigenvalue weighted by molar-refractivity contribution is 9.10. The number of nitrogens with zero attached hydrogens (tertiary/aromatic N) is 3. The van der Waals surface area contributed by atoms with E-state index in [2.05, 4.69) is 26.0 Å². The van der Waals surface area contributed by atoms with Crippen LogP contribution in [0.25, 0.3) is 22.3 Å². The van der Waals surface area contributed by atoms with Crippen molar-refractivity contribution < 1.29 is 22.6 Å². The molecule has 44 heavy (non-hydrogen) atoms. The average Bonchev–Trinajstić information content (AvgIpc) is 3.00. The second-order valence-electron chi connectivity index (χ2n) is 9.28. The van der Waals surface area contributed by atoms with E-state index in [9.17, 15) is 18.0 Å². The maximum absolute atomic E-state index is 13.6. The number of fused-ring (bicyclic) bond motifs is 1. The maximum atomic E-state index is 13.6. The van der Waals surface area contributed by atoms with E-state index < -0.39 is 17.3 Å². The smallest absolute Gasteiger partial charge is 0.416 e. The summed E-state index contributed by atoms with van der Waals surface area (Å²) in [5.74, 6) is 0.465. The molecule has 0 aliphatic rings. The normalized spacial score (nSPS) is 11.8. The van der Waals surface area contributed by atoms with E-state index in [-0.39, 0.29) is 40.8 Å². The minimum atomic E-state index is -4.60. The topological polar surface area (TPSA) is 65.7 Å². The molecule has 0 unspecified atom stereocenters. The number of hydrogen-bond acceptors (Lipinski definition) is 5. The Kier molecular flexibility index (Phi) is 9.55. The van der Waals surface area contributed by atoms with Gasteiger partial charge in [-0.15, -0.1) is 0 Å². The van der Waals surface area contributed by atoms with Crippen LogP contribution in [0.2, 0.25) is 15.1 Å². The molecular formula is C31H20BrCl3F3N3O3. The molecule has 0 fully saturated rings. The Balaban J connectivity index is 1.59. The zero-order chi connectivity index (χ0) is 31.6. The lowest BCUT2D eigenvalue weighted by Gasteiger charge is -2.16. The molecular weight excluding hydrogens is 706 g/mol. The molecule has 0 N–H and O–H groups in total. The molecule has 0 atom stereocenters. The highest BCUT2D eigenvalue weighted by atomic mass is 79.9. The largest absolute Gasteiger partial charge is 0.490 e. The van der Waals surface area contributed by atoms with Crippen molar-refractivity contribution in [1.29, 1.82) is 0 Å². The highest BCUT2D eigenvalue weighted by Crippen LogP contribution is 2.43. The summed E-state index contributed by atoms with van der Waals surface area (Å²) in [6.45, 7) is 2.18. The van der Waals surface area contributed by atoms with Gasteiger partial charge in [-0.3, -0.25) is 4.79 Å². The van der Waals surface area contributed by atoms with Crippen LogP contribution < -0.4 is 15.0 Å². The van der Waals surface area contributed by atoms with Gasteiger partial charge in [0.05, 0.1) is 39.3 Å². The Morgan fingerprint density at radius 2 is 1.75 bits per heavy atom. The zero-order valence-electron chi connectivity index (χ0n) is 22.6. The third kappa shape index (κ3) is 6.73. The zero-order valence-corrected chi connectivity index (χ0v) is 26.5. The van der Waals surface area contributed by atoms with E-state index in [1.807, 2.05) is 0 Å². The minimum Gasteiger partial charge on any atom is -0.490 e. The van der Waals surface area contributed by atoms with E-state index in [1.54, 1.807) is 55.5 Å². The summed E-state index contributed by atoms with van der Waals surface area (Å²) in [7, 11) is 0. The van der Waals surface area contributed by atoms with Gasteiger partial charge in [0.1, 0.15) is 11.6 Å². The lowest BCUT2D eigenvalue weighted by Crippen LogP contribution is -2.20. The van der Waals surface area contributed by atoms with Crippen molar-refractivity contribution in [1.82, 2.24) is 9.66 Å². The Hall–Kier alpha value is -3.57. The van der Waals surface area contributed by atoms with Crippen molar-refractivity contribution in [3.8, 4) is 22.9 Å². The third-order valence-electron chi connectivity index (χ3n) is 6.34. The van der Waals surface area contributed by atoms with Crippen molar-refractivity contribution in [2.75, 3.05) is 6.61 Å². The summed E-state index contributed by atoms with van der Waals surface area (Å²) in [4.78, 5) is 18.0. The van der Waals surface area contributed by atoms with Crippen LogP contribution in [0.5, 0.6) is 11.5 Å². The quantitative estimate of drug-likeness (QED) is 0.150. The third-order valence-corrected chi connectivity index (χ3v) is 8.52. The van der Waals surface area contributed by atoms with Crippen LogP contribution >= 0.6 is 50.7 Å². The molecule has 0 spiro atoms. The van der Waals surface area contributed by atoms with Gasteiger partial charge in [-0.25, -0.2) is 4.98 Å². The van der Waals surface area contributed by atoms with E-state index >= 15 is 0 Å². The van der Waals surface area contributed by atoms with Gasteiger partial charge in [-0.05, 0) is 70.9 Å². The van der Waals surface area contributed by atoms with Crippen LogP contribution in [-0.2, 0) is 12.8 Å².